The topological polar surface area (TPSA) is 71.7 Å². The second-order valence-electron chi connectivity index (χ2n) is 5.00. The van der Waals surface area contributed by atoms with Crippen LogP contribution in [0.25, 0.3) is 0 Å². The van der Waals surface area contributed by atoms with E-state index in [2.05, 4.69) is 14.9 Å². The summed E-state index contributed by atoms with van der Waals surface area (Å²) in [6.45, 7) is 2.79. The maximum atomic E-state index is 12.3. The van der Waals surface area contributed by atoms with Crippen LogP contribution in [0.15, 0.2) is 35.2 Å². The molecule has 7 heteroatoms. The minimum Gasteiger partial charge on any atom is -0.478 e. The van der Waals surface area contributed by atoms with Gasteiger partial charge in [-0.3, -0.25) is 4.79 Å². The minimum atomic E-state index is -0.0713. The summed E-state index contributed by atoms with van der Waals surface area (Å²) in [4.78, 5) is 24.8. The quantitative estimate of drug-likeness (QED) is 0.854. The van der Waals surface area contributed by atoms with Gasteiger partial charge in [0, 0.05) is 38.6 Å². The Bertz CT molecular complexity index is 629. The van der Waals surface area contributed by atoms with Crippen molar-refractivity contribution in [2.24, 2.45) is 0 Å². The Balaban J connectivity index is 1.71. The molecule has 0 saturated carbocycles. The molecule has 1 aliphatic heterocycles. The fourth-order valence-corrected chi connectivity index (χ4v) is 2.57. The van der Waals surface area contributed by atoms with Gasteiger partial charge in [0.15, 0.2) is 11.6 Å². The van der Waals surface area contributed by atoms with Crippen LogP contribution in [-0.2, 0) is 0 Å². The lowest BCUT2D eigenvalue weighted by atomic mass is 10.3. The largest absolute Gasteiger partial charge is 0.478 e. The molecule has 0 N–H and O–H groups in total. The number of hydrogen-bond acceptors (Lipinski definition) is 6. The number of rotatable bonds is 3. The van der Waals surface area contributed by atoms with E-state index >= 15 is 0 Å². The van der Waals surface area contributed by atoms with Crippen LogP contribution >= 0.6 is 0 Å². The van der Waals surface area contributed by atoms with Crippen molar-refractivity contribution < 1.29 is 13.9 Å². The van der Waals surface area contributed by atoms with Crippen LogP contribution in [0.1, 0.15) is 17.0 Å². The standard InChI is InChI=1S/C15H18N4O3/c1-21-14-13(16-5-6-17-14)18-7-3-8-19(10-9-18)15(20)12-4-2-11-22-12/h2,4-6,11H,3,7-10H2,1H3. The molecule has 0 aliphatic carbocycles. The Kier molecular flexibility index (Phi) is 4.22. The number of amides is 1. The number of methoxy groups -OCH3 is 1. The average Bonchev–Trinajstić information content (AvgIpc) is 2.99. The highest BCUT2D eigenvalue weighted by atomic mass is 16.5. The zero-order valence-corrected chi connectivity index (χ0v) is 12.4. The van der Waals surface area contributed by atoms with E-state index in [9.17, 15) is 4.79 Å². The maximum Gasteiger partial charge on any atom is 0.289 e. The molecule has 0 spiro atoms. The van der Waals surface area contributed by atoms with E-state index in [-0.39, 0.29) is 5.91 Å². The smallest absolute Gasteiger partial charge is 0.289 e. The van der Waals surface area contributed by atoms with Gasteiger partial charge in [0.25, 0.3) is 11.8 Å². The molecule has 0 bridgehead atoms. The van der Waals surface area contributed by atoms with Crippen molar-refractivity contribution >= 4 is 11.7 Å². The zero-order chi connectivity index (χ0) is 15.4. The molecule has 0 unspecified atom stereocenters. The highest BCUT2D eigenvalue weighted by Gasteiger charge is 2.24. The fourth-order valence-electron chi connectivity index (χ4n) is 2.57. The first kappa shape index (κ1) is 14.4. The lowest BCUT2D eigenvalue weighted by Crippen LogP contribution is -2.35. The summed E-state index contributed by atoms with van der Waals surface area (Å²) in [5, 5.41) is 0. The predicted molar refractivity (Wildman–Crippen MR) is 80.0 cm³/mol. The van der Waals surface area contributed by atoms with Crippen molar-refractivity contribution in [3.63, 3.8) is 0 Å². The Morgan fingerprint density at radius 1 is 1.23 bits per heavy atom. The van der Waals surface area contributed by atoms with Gasteiger partial charge in [0.05, 0.1) is 13.4 Å². The van der Waals surface area contributed by atoms with Crippen LogP contribution in [0, 0.1) is 0 Å². The van der Waals surface area contributed by atoms with Crippen LogP contribution in [0.3, 0.4) is 0 Å². The van der Waals surface area contributed by atoms with Crippen LogP contribution in [0.2, 0.25) is 0 Å². The molecule has 116 valence electrons. The van der Waals surface area contributed by atoms with E-state index in [0.717, 1.165) is 18.8 Å². The summed E-state index contributed by atoms with van der Waals surface area (Å²) < 4.78 is 10.5. The summed E-state index contributed by atoms with van der Waals surface area (Å²) in [5.41, 5.74) is 0. The van der Waals surface area contributed by atoms with Gasteiger partial charge in [0.1, 0.15) is 0 Å². The maximum absolute atomic E-state index is 12.3. The molecule has 2 aromatic heterocycles. The highest BCUT2D eigenvalue weighted by Crippen LogP contribution is 2.23. The Morgan fingerprint density at radius 2 is 2.09 bits per heavy atom. The average molecular weight is 302 g/mol. The summed E-state index contributed by atoms with van der Waals surface area (Å²) >= 11 is 0. The molecule has 0 radical (unpaired) electrons. The van der Waals surface area contributed by atoms with Crippen molar-refractivity contribution in [2.75, 3.05) is 38.2 Å². The molecule has 1 saturated heterocycles. The lowest BCUT2D eigenvalue weighted by molar-refractivity contribution is 0.0735. The summed E-state index contributed by atoms with van der Waals surface area (Å²) in [6.07, 6.45) is 5.62. The molecule has 1 amide bonds. The van der Waals surface area contributed by atoms with Gasteiger partial charge in [-0.05, 0) is 18.6 Å². The first-order valence-electron chi connectivity index (χ1n) is 7.22. The van der Waals surface area contributed by atoms with Crippen LogP contribution in [-0.4, -0.2) is 54.1 Å². The number of ether oxygens (including phenoxy) is 1. The van der Waals surface area contributed by atoms with Gasteiger partial charge in [-0.25, -0.2) is 9.97 Å². The van der Waals surface area contributed by atoms with Crippen LogP contribution in [0.5, 0.6) is 5.88 Å². The van der Waals surface area contributed by atoms with E-state index in [1.807, 2.05) is 4.90 Å². The van der Waals surface area contributed by atoms with Gasteiger partial charge in [0.2, 0.25) is 0 Å². The lowest BCUT2D eigenvalue weighted by Gasteiger charge is -2.23. The molecule has 1 fully saturated rings. The normalized spacial score (nSPS) is 15.5. The molecule has 1 aliphatic rings. The first-order chi connectivity index (χ1) is 10.8. The Hall–Kier alpha value is -2.57. The van der Waals surface area contributed by atoms with Crippen molar-refractivity contribution in [2.45, 2.75) is 6.42 Å². The SMILES string of the molecule is COc1nccnc1N1CCCN(C(=O)c2ccco2)CC1. The third kappa shape index (κ3) is 2.88. The number of hydrogen-bond donors (Lipinski definition) is 0. The van der Waals surface area contributed by atoms with Crippen molar-refractivity contribution in [1.29, 1.82) is 0 Å². The molecule has 22 heavy (non-hydrogen) atoms. The Labute approximate surface area is 128 Å². The second-order valence-corrected chi connectivity index (χ2v) is 5.00. The molecule has 7 nitrogen and oxygen atoms in total. The molecule has 0 atom stereocenters. The number of nitrogens with zero attached hydrogens (tertiary/aromatic N) is 4. The van der Waals surface area contributed by atoms with Gasteiger partial charge < -0.3 is 19.0 Å². The van der Waals surface area contributed by atoms with Gasteiger partial charge in [-0.1, -0.05) is 0 Å². The third-order valence-corrected chi connectivity index (χ3v) is 3.65. The van der Waals surface area contributed by atoms with Crippen LogP contribution in [0.4, 0.5) is 5.82 Å². The number of carbonyl (C=O) groups is 1. The monoisotopic (exact) mass is 302 g/mol. The number of aromatic nitrogens is 2. The summed E-state index contributed by atoms with van der Waals surface area (Å²) in [5.74, 6) is 1.54. The molecule has 3 rings (SSSR count). The summed E-state index contributed by atoms with van der Waals surface area (Å²) in [6, 6.07) is 3.42. The van der Waals surface area contributed by atoms with E-state index in [0.29, 0.717) is 31.3 Å². The van der Waals surface area contributed by atoms with Crippen molar-refractivity contribution in [3.05, 3.63) is 36.5 Å². The highest BCUT2D eigenvalue weighted by molar-refractivity contribution is 5.91. The Morgan fingerprint density at radius 3 is 2.86 bits per heavy atom. The number of carbonyl (C=O) groups excluding carboxylic acids is 1. The number of furan rings is 1. The first-order valence-corrected chi connectivity index (χ1v) is 7.22. The molecule has 0 aromatic carbocycles. The van der Waals surface area contributed by atoms with Crippen molar-refractivity contribution in [1.82, 2.24) is 14.9 Å². The van der Waals surface area contributed by atoms with Gasteiger partial charge in [-0.2, -0.15) is 0 Å². The van der Waals surface area contributed by atoms with E-state index in [1.54, 1.807) is 31.6 Å². The molecular weight excluding hydrogens is 284 g/mol. The van der Waals surface area contributed by atoms with Gasteiger partial charge in [-0.15, -0.1) is 0 Å². The van der Waals surface area contributed by atoms with Crippen molar-refractivity contribution in [3.8, 4) is 5.88 Å². The van der Waals surface area contributed by atoms with E-state index < -0.39 is 0 Å². The van der Waals surface area contributed by atoms with E-state index in [1.165, 1.54) is 6.26 Å². The molecule has 3 heterocycles. The zero-order valence-electron chi connectivity index (χ0n) is 12.4. The molecule has 2 aromatic rings. The summed E-state index contributed by atoms with van der Waals surface area (Å²) in [7, 11) is 1.58. The molecular formula is C15H18N4O3. The number of anilines is 1. The fraction of sp³-hybridized carbons (Fsp3) is 0.400. The third-order valence-electron chi connectivity index (χ3n) is 3.65. The van der Waals surface area contributed by atoms with Gasteiger partial charge >= 0.3 is 0 Å². The second kappa shape index (κ2) is 6.46. The minimum absolute atomic E-state index is 0.0713. The van der Waals surface area contributed by atoms with Crippen LogP contribution < -0.4 is 9.64 Å². The predicted octanol–water partition coefficient (Wildman–Crippen LogP) is 1.43. The van der Waals surface area contributed by atoms with E-state index in [4.69, 9.17) is 9.15 Å².